The first-order valence-corrected chi connectivity index (χ1v) is 9.47. The minimum atomic E-state index is -0.658. The van der Waals surface area contributed by atoms with Crippen molar-refractivity contribution in [3.8, 4) is 0 Å². The standard InChI is InChI=1S/C21H25ClN2O2/c1-2-23-15-16-6-5-7-17(14-16)24-20(25)21(10-12-26-13-11-21)18-8-3-4-9-19(18)22/h3-9,14,23H,2,10-13,15H2,1H3,(H,24,25). The summed E-state index contributed by atoms with van der Waals surface area (Å²) in [6, 6.07) is 15.6. The Morgan fingerprint density at radius 3 is 2.65 bits per heavy atom. The van der Waals surface area contributed by atoms with Crippen LogP contribution in [0.2, 0.25) is 5.02 Å². The first-order chi connectivity index (χ1) is 12.7. The summed E-state index contributed by atoms with van der Waals surface area (Å²) < 4.78 is 5.52. The van der Waals surface area contributed by atoms with Crippen LogP contribution in [-0.2, 0) is 21.5 Å². The highest BCUT2D eigenvalue weighted by Crippen LogP contribution is 2.39. The summed E-state index contributed by atoms with van der Waals surface area (Å²) in [6.07, 6.45) is 1.25. The molecule has 5 heteroatoms. The minimum absolute atomic E-state index is 0.0190. The molecule has 0 saturated carbocycles. The molecule has 1 amide bonds. The zero-order chi connectivity index (χ0) is 18.4. The molecule has 0 bridgehead atoms. The molecule has 1 aliphatic heterocycles. The van der Waals surface area contributed by atoms with Crippen LogP contribution in [-0.4, -0.2) is 25.7 Å². The molecular formula is C21H25ClN2O2. The molecule has 138 valence electrons. The first-order valence-electron chi connectivity index (χ1n) is 9.09. The summed E-state index contributed by atoms with van der Waals surface area (Å²) in [5, 5.41) is 7.05. The van der Waals surface area contributed by atoms with E-state index in [-0.39, 0.29) is 5.91 Å². The van der Waals surface area contributed by atoms with Crippen LogP contribution in [0.15, 0.2) is 48.5 Å². The fourth-order valence-corrected chi connectivity index (χ4v) is 3.78. The number of anilines is 1. The van der Waals surface area contributed by atoms with E-state index in [0.717, 1.165) is 29.9 Å². The molecule has 4 nitrogen and oxygen atoms in total. The predicted octanol–water partition coefficient (Wildman–Crippen LogP) is 4.14. The van der Waals surface area contributed by atoms with E-state index in [1.165, 1.54) is 0 Å². The third kappa shape index (κ3) is 4.09. The lowest BCUT2D eigenvalue weighted by molar-refractivity contribution is -0.125. The highest BCUT2D eigenvalue weighted by atomic mass is 35.5. The summed E-state index contributed by atoms with van der Waals surface area (Å²) >= 11 is 6.45. The summed E-state index contributed by atoms with van der Waals surface area (Å²) in [5.74, 6) is -0.0190. The smallest absolute Gasteiger partial charge is 0.235 e. The van der Waals surface area contributed by atoms with Crippen LogP contribution in [0.5, 0.6) is 0 Å². The van der Waals surface area contributed by atoms with Gasteiger partial charge in [-0.3, -0.25) is 4.79 Å². The minimum Gasteiger partial charge on any atom is -0.381 e. The number of ether oxygens (including phenoxy) is 1. The average Bonchev–Trinajstić information content (AvgIpc) is 2.67. The quantitative estimate of drug-likeness (QED) is 0.801. The molecule has 2 aromatic carbocycles. The maximum Gasteiger partial charge on any atom is 0.235 e. The maximum absolute atomic E-state index is 13.3. The van der Waals surface area contributed by atoms with Crippen LogP contribution in [0, 0.1) is 0 Å². The molecule has 26 heavy (non-hydrogen) atoms. The molecule has 1 fully saturated rings. The van der Waals surface area contributed by atoms with Crippen molar-refractivity contribution < 1.29 is 9.53 Å². The number of hydrogen-bond acceptors (Lipinski definition) is 3. The molecule has 1 saturated heterocycles. The van der Waals surface area contributed by atoms with Gasteiger partial charge in [-0.1, -0.05) is 48.9 Å². The van der Waals surface area contributed by atoms with Gasteiger partial charge in [0.15, 0.2) is 0 Å². The average molecular weight is 373 g/mol. The van der Waals surface area contributed by atoms with Gasteiger partial charge < -0.3 is 15.4 Å². The highest BCUT2D eigenvalue weighted by Gasteiger charge is 2.43. The molecule has 1 aliphatic rings. The summed E-state index contributed by atoms with van der Waals surface area (Å²) in [5.41, 5.74) is 2.17. The van der Waals surface area contributed by atoms with Crippen molar-refractivity contribution in [1.29, 1.82) is 0 Å². The Morgan fingerprint density at radius 1 is 1.15 bits per heavy atom. The third-order valence-electron chi connectivity index (χ3n) is 4.93. The van der Waals surface area contributed by atoms with Crippen molar-refractivity contribution in [3.63, 3.8) is 0 Å². The fourth-order valence-electron chi connectivity index (χ4n) is 3.47. The lowest BCUT2D eigenvalue weighted by Gasteiger charge is -2.36. The molecule has 2 aromatic rings. The van der Waals surface area contributed by atoms with Crippen molar-refractivity contribution in [1.82, 2.24) is 5.32 Å². The van der Waals surface area contributed by atoms with Gasteiger partial charge in [0.2, 0.25) is 5.91 Å². The topological polar surface area (TPSA) is 50.4 Å². The van der Waals surface area contributed by atoms with Crippen molar-refractivity contribution in [3.05, 3.63) is 64.7 Å². The van der Waals surface area contributed by atoms with E-state index in [2.05, 4.69) is 23.6 Å². The number of rotatable bonds is 6. The summed E-state index contributed by atoms with van der Waals surface area (Å²) in [4.78, 5) is 13.3. The van der Waals surface area contributed by atoms with Crippen LogP contribution in [0.1, 0.15) is 30.9 Å². The lowest BCUT2D eigenvalue weighted by atomic mass is 9.73. The SMILES string of the molecule is CCNCc1cccc(NC(=O)C2(c3ccccc3Cl)CCOCC2)c1. The Balaban J connectivity index is 1.86. The van der Waals surface area contributed by atoms with E-state index in [0.29, 0.717) is 31.1 Å². The number of benzene rings is 2. The summed E-state index contributed by atoms with van der Waals surface area (Å²) in [7, 11) is 0. The normalized spacial score (nSPS) is 16.2. The molecular weight excluding hydrogens is 348 g/mol. The zero-order valence-electron chi connectivity index (χ0n) is 15.1. The molecule has 0 unspecified atom stereocenters. The van der Waals surface area contributed by atoms with Gasteiger partial charge in [0.1, 0.15) is 0 Å². The molecule has 1 heterocycles. The van der Waals surface area contributed by atoms with E-state index in [4.69, 9.17) is 16.3 Å². The highest BCUT2D eigenvalue weighted by molar-refractivity contribution is 6.31. The Bertz CT molecular complexity index is 757. The number of hydrogen-bond donors (Lipinski definition) is 2. The zero-order valence-corrected chi connectivity index (χ0v) is 15.8. The Hall–Kier alpha value is -1.88. The fraction of sp³-hybridized carbons (Fsp3) is 0.381. The Labute approximate surface area is 159 Å². The lowest BCUT2D eigenvalue weighted by Crippen LogP contribution is -2.45. The second-order valence-corrected chi connectivity index (χ2v) is 7.02. The summed E-state index contributed by atoms with van der Waals surface area (Å²) in [6.45, 7) is 4.87. The molecule has 2 N–H and O–H groups in total. The Morgan fingerprint density at radius 2 is 1.92 bits per heavy atom. The van der Waals surface area contributed by atoms with Crippen molar-refractivity contribution >= 4 is 23.2 Å². The van der Waals surface area contributed by atoms with Crippen LogP contribution >= 0.6 is 11.6 Å². The van der Waals surface area contributed by atoms with E-state index in [1.54, 1.807) is 0 Å². The molecule has 0 aliphatic carbocycles. The largest absolute Gasteiger partial charge is 0.381 e. The molecule has 3 rings (SSSR count). The van der Waals surface area contributed by atoms with Gasteiger partial charge in [0.05, 0.1) is 5.41 Å². The van der Waals surface area contributed by atoms with Gasteiger partial charge in [0.25, 0.3) is 0 Å². The molecule has 0 spiro atoms. The number of nitrogens with one attached hydrogen (secondary N) is 2. The van der Waals surface area contributed by atoms with Crippen molar-refractivity contribution in [2.45, 2.75) is 31.7 Å². The second kappa shape index (κ2) is 8.67. The van der Waals surface area contributed by atoms with Gasteiger partial charge in [-0.05, 0) is 48.7 Å². The van der Waals surface area contributed by atoms with E-state index in [1.807, 2.05) is 42.5 Å². The van der Waals surface area contributed by atoms with Crippen LogP contribution in [0.25, 0.3) is 0 Å². The van der Waals surface area contributed by atoms with Gasteiger partial charge in [-0.2, -0.15) is 0 Å². The van der Waals surface area contributed by atoms with E-state index < -0.39 is 5.41 Å². The molecule has 0 radical (unpaired) electrons. The first kappa shape index (κ1) is 18.9. The van der Waals surface area contributed by atoms with Crippen LogP contribution < -0.4 is 10.6 Å². The molecule has 0 atom stereocenters. The van der Waals surface area contributed by atoms with Crippen molar-refractivity contribution in [2.24, 2.45) is 0 Å². The number of halogens is 1. The van der Waals surface area contributed by atoms with Gasteiger partial charge >= 0.3 is 0 Å². The third-order valence-corrected chi connectivity index (χ3v) is 5.26. The van der Waals surface area contributed by atoms with Gasteiger partial charge in [-0.25, -0.2) is 0 Å². The van der Waals surface area contributed by atoms with Crippen LogP contribution in [0.3, 0.4) is 0 Å². The number of amides is 1. The van der Waals surface area contributed by atoms with E-state index in [9.17, 15) is 4.79 Å². The Kier molecular flexibility index (Phi) is 6.30. The predicted molar refractivity (Wildman–Crippen MR) is 106 cm³/mol. The van der Waals surface area contributed by atoms with Crippen LogP contribution in [0.4, 0.5) is 5.69 Å². The second-order valence-electron chi connectivity index (χ2n) is 6.61. The number of carbonyl (C=O) groups is 1. The monoisotopic (exact) mass is 372 g/mol. The van der Waals surface area contributed by atoms with Crippen molar-refractivity contribution in [2.75, 3.05) is 25.1 Å². The number of carbonyl (C=O) groups excluding carboxylic acids is 1. The van der Waals surface area contributed by atoms with Gasteiger partial charge in [-0.15, -0.1) is 0 Å². The maximum atomic E-state index is 13.3. The van der Waals surface area contributed by atoms with E-state index >= 15 is 0 Å². The van der Waals surface area contributed by atoms with Gasteiger partial charge in [0, 0.05) is 30.5 Å². The molecule has 0 aromatic heterocycles.